The molecule has 7 nitrogen and oxygen atoms in total. The Morgan fingerprint density at radius 3 is 2.56 bits per heavy atom. The molecule has 170 valence electrons. The van der Waals surface area contributed by atoms with Crippen LogP contribution in [0.4, 0.5) is 0 Å². The number of fused-ring (bicyclic) bond motifs is 4. The molecule has 0 bridgehead atoms. The first kappa shape index (κ1) is 20.2. The first-order valence-corrected chi connectivity index (χ1v) is 10.7. The van der Waals surface area contributed by atoms with Crippen LogP contribution in [-0.2, 0) is 0 Å². The summed E-state index contributed by atoms with van der Waals surface area (Å²) in [7, 11) is 3.17. The van der Waals surface area contributed by atoms with Crippen LogP contribution in [0.5, 0.6) is 28.7 Å². The molecule has 0 unspecified atom stereocenters. The lowest BCUT2D eigenvalue weighted by molar-refractivity contribution is 0.174. The van der Waals surface area contributed by atoms with Gasteiger partial charge in [0.1, 0.15) is 17.1 Å². The topological polar surface area (TPSA) is 76.4 Å². The number of rotatable bonds is 4. The van der Waals surface area contributed by atoms with Crippen LogP contribution >= 0.6 is 0 Å². The number of hydrogen-bond donors (Lipinski definition) is 0. The minimum atomic E-state index is -0.445. The van der Waals surface area contributed by atoms with Crippen LogP contribution in [0.2, 0.25) is 0 Å². The van der Waals surface area contributed by atoms with E-state index in [4.69, 9.17) is 28.1 Å². The summed E-state index contributed by atoms with van der Waals surface area (Å²) in [6, 6.07) is 18.6. The van der Waals surface area contributed by atoms with Crippen LogP contribution in [0, 0.1) is 0 Å². The average Bonchev–Trinajstić information content (AvgIpc) is 3.35. The van der Waals surface area contributed by atoms with Gasteiger partial charge in [-0.2, -0.15) is 0 Å². The molecule has 2 aliphatic heterocycles. The fraction of sp³-hybridized carbons (Fsp3) is 0.148. The summed E-state index contributed by atoms with van der Waals surface area (Å²) in [4.78, 5) is 13.2. The molecule has 3 heterocycles. The molecule has 0 radical (unpaired) electrons. The lowest BCUT2D eigenvalue weighted by Gasteiger charge is -2.25. The van der Waals surface area contributed by atoms with Crippen LogP contribution in [0.1, 0.15) is 22.6 Å². The summed E-state index contributed by atoms with van der Waals surface area (Å²) < 4.78 is 33.9. The SMILES string of the molecule is COc1ccc(C2=C[C@@H](c3ccc4c(c3)OCO4)c3c(c4ccccc4oc3=O)O2)cc1OC. The maximum absolute atomic E-state index is 13.2. The van der Waals surface area contributed by atoms with Crippen LogP contribution in [0.15, 0.2) is 76.0 Å². The van der Waals surface area contributed by atoms with E-state index in [1.165, 1.54) is 0 Å². The molecule has 4 aromatic rings. The maximum atomic E-state index is 13.2. The van der Waals surface area contributed by atoms with Crippen molar-refractivity contribution in [2.45, 2.75) is 5.92 Å². The van der Waals surface area contributed by atoms with Crippen molar-refractivity contribution in [3.8, 4) is 28.7 Å². The van der Waals surface area contributed by atoms with E-state index in [0.717, 1.165) is 11.1 Å². The number of benzene rings is 3. The van der Waals surface area contributed by atoms with Crippen LogP contribution < -0.4 is 29.3 Å². The summed E-state index contributed by atoms with van der Waals surface area (Å²) in [5.41, 5.74) is 2.09. The van der Waals surface area contributed by atoms with Gasteiger partial charge in [-0.25, -0.2) is 4.79 Å². The fourth-order valence-corrected chi connectivity index (χ4v) is 4.41. The summed E-state index contributed by atoms with van der Waals surface area (Å²) in [6.45, 7) is 0.169. The second kappa shape index (κ2) is 7.88. The average molecular weight is 456 g/mol. The molecular weight excluding hydrogens is 436 g/mol. The number of ether oxygens (including phenoxy) is 5. The molecular formula is C27H20O7. The Kier molecular flexibility index (Phi) is 4.69. The maximum Gasteiger partial charge on any atom is 0.344 e. The number of allylic oxidation sites excluding steroid dienone is 1. The van der Waals surface area contributed by atoms with Gasteiger partial charge in [0.15, 0.2) is 23.0 Å². The largest absolute Gasteiger partial charge is 0.493 e. The van der Waals surface area contributed by atoms with E-state index in [1.54, 1.807) is 20.3 Å². The summed E-state index contributed by atoms with van der Waals surface area (Å²) in [5.74, 6) is 3.13. The highest BCUT2D eigenvalue weighted by Crippen LogP contribution is 2.45. The van der Waals surface area contributed by atoms with E-state index in [9.17, 15) is 4.79 Å². The van der Waals surface area contributed by atoms with Gasteiger partial charge >= 0.3 is 5.63 Å². The van der Waals surface area contributed by atoms with Gasteiger partial charge < -0.3 is 28.1 Å². The van der Waals surface area contributed by atoms with E-state index in [1.807, 2.05) is 60.7 Å². The molecule has 1 aromatic heterocycles. The third-order valence-corrected chi connectivity index (χ3v) is 6.06. The fourth-order valence-electron chi connectivity index (χ4n) is 4.41. The zero-order chi connectivity index (χ0) is 23.2. The minimum absolute atomic E-state index is 0.169. The second-order valence-corrected chi connectivity index (χ2v) is 7.92. The first-order valence-electron chi connectivity index (χ1n) is 10.7. The summed E-state index contributed by atoms with van der Waals surface area (Å²) in [6.07, 6.45) is 1.91. The predicted octanol–water partition coefficient (Wildman–Crippen LogP) is 5.10. The van der Waals surface area contributed by atoms with Gasteiger partial charge in [0.2, 0.25) is 6.79 Å². The molecule has 6 rings (SSSR count). The van der Waals surface area contributed by atoms with Crippen molar-refractivity contribution in [3.05, 3.63) is 93.9 Å². The van der Waals surface area contributed by atoms with E-state index >= 15 is 0 Å². The number of para-hydroxylation sites is 1. The monoisotopic (exact) mass is 456 g/mol. The Labute approximate surface area is 194 Å². The smallest absolute Gasteiger partial charge is 0.344 e. The highest BCUT2D eigenvalue weighted by molar-refractivity contribution is 5.87. The second-order valence-electron chi connectivity index (χ2n) is 7.92. The molecule has 7 heteroatoms. The quantitative estimate of drug-likeness (QED) is 0.395. The normalized spacial score (nSPS) is 15.9. The molecule has 0 amide bonds. The molecule has 3 aromatic carbocycles. The van der Waals surface area contributed by atoms with E-state index < -0.39 is 11.5 Å². The molecule has 2 aliphatic rings. The standard InChI is InChI=1S/C27H20O7/c1-29-20-9-8-16(12-23(20)30-2)22-13-18(15-7-10-21-24(11-15)32-14-31-21)25-26(33-22)17-5-3-4-6-19(17)34-27(25)28/h3-13,18H,14H2,1-2H3/t18-/m0/s1. The van der Waals surface area contributed by atoms with Gasteiger partial charge in [0.05, 0.1) is 25.2 Å². The van der Waals surface area contributed by atoms with Crippen molar-refractivity contribution in [2.24, 2.45) is 0 Å². The summed E-state index contributed by atoms with van der Waals surface area (Å²) >= 11 is 0. The van der Waals surface area contributed by atoms with Gasteiger partial charge in [-0.05, 0) is 54.1 Å². The summed E-state index contributed by atoms with van der Waals surface area (Å²) in [5, 5.41) is 0.717. The zero-order valence-corrected chi connectivity index (χ0v) is 18.5. The van der Waals surface area contributed by atoms with Gasteiger partial charge in [-0.15, -0.1) is 0 Å². The Bertz CT molecular complexity index is 1520. The molecule has 0 spiro atoms. The van der Waals surface area contributed by atoms with Crippen LogP contribution in [0.25, 0.3) is 16.7 Å². The predicted molar refractivity (Wildman–Crippen MR) is 125 cm³/mol. The number of methoxy groups -OCH3 is 2. The van der Waals surface area contributed by atoms with Crippen LogP contribution in [-0.4, -0.2) is 21.0 Å². The zero-order valence-electron chi connectivity index (χ0n) is 18.5. The van der Waals surface area contributed by atoms with Crippen molar-refractivity contribution < 1.29 is 28.1 Å². The third-order valence-electron chi connectivity index (χ3n) is 6.06. The lowest BCUT2D eigenvalue weighted by Crippen LogP contribution is -2.19. The molecule has 0 aliphatic carbocycles. The molecule has 0 saturated heterocycles. The molecule has 0 fully saturated rings. The molecule has 34 heavy (non-hydrogen) atoms. The Morgan fingerprint density at radius 1 is 0.882 bits per heavy atom. The first-order chi connectivity index (χ1) is 16.7. The van der Waals surface area contributed by atoms with Gasteiger partial charge in [-0.1, -0.05) is 18.2 Å². The highest BCUT2D eigenvalue weighted by atomic mass is 16.7. The van der Waals surface area contributed by atoms with E-state index in [0.29, 0.717) is 51.0 Å². The van der Waals surface area contributed by atoms with Gasteiger partial charge in [0, 0.05) is 11.5 Å². The van der Waals surface area contributed by atoms with Crippen molar-refractivity contribution in [1.82, 2.24) is 0 Å². The Hall–Kier alpha value is -4.39. The minimum Gasteiger partial charge on any atom is -0.493 e. The van der Waals surface area contributed by atoms with Crippen molar-refractivity contribution in [1.29, 1.82) is 0 Å². The lowest BCUT2D eigenvalue weighted by atomic mass is 9.87. The third kappa shape index (κ3) is 3.16. The van der Waals surface area contributed by atoms with Crippen molar-refractivity contribution in [3.63, 3.8) is 0 Å². The van der Waals surface area contributed by atoms with Crippen molar-refractivity contribution >= 4 is 16.7 Å². The molecule has 0 N–H and O–H groups in total. The molecule has 1 atom stereocenters. The highest BCUT2D eigenvalue weighted by Gasteiger charge is 2.31. The van der Waals surface area contributed by atoms with Crippen molar-refractivity contribution in [2.75, 3.05) is 21.0 Å². The van der Waals surface area contributed by atoms with Gasteiger partial charge in [-0.3, -0.25) is 0 Å². The van der Waals surface area contributed by atoms with Crippen LogP contribution in [0.3, 0.4) is 0 Å². The Balaban J connectivity index is 1.58. The Morgan fingerprint density at radius 2 is 1.71 bits per heavy atom. The molecule has 0 saturated carbocycles. The van der Waals surface area contributed by atoms with Gasteiger partial charge in [0.25, 0.3) is 0 Å². The van der Waals surface area contributed by atoms with E-state index in [-0.39, 0.29) is 6.79 Å². The van der Waals surface area contributed by atoms with E-state index in [2.05, 4.69) is 0 Å². The number of hydrogen-bond acceptors (Lipinski definition) is 7.